The Morgan fingerprint density at radius 1 is 1.35 bits per heavy atom. The van der Waals surface area contributed by atoms with Gasteiger partial charge in [0.15, 0.2) is 0 Å². The zero-order chi connectivity index (χ0) is 16.1. The van der Waals surface area contributed by atoms with Gasteiger partial charge >= 0.3 is 0 Å². The standard InChI is InChI=1S/C17H18N4O2/c1-12-4-5-14-15(7-12)21-16(20-14)10-23-11-17(22)19-9-13-3-2-6-18-8-13/h2-8H,9-11H2,1H3,(H,19,22)(H,20,21). The smallest absolute Gasteiger partial charge is 0.246 e. The number of hydrogen-bond acceptors (Lipinski definition) is 4. The molecule has 0 radical (unpaired) electrons. The molecule has 6 nitrogen and oxygen atoms in total. The van der Waals surface area contributed by atoms with Gasteiger partial charge in [0, 0.05) is 18.9 Å². The second-order valence-electron chi connectivity index (χ2n) is 5.33. The Bertz CT molecular complexity index is 799. The first-order chi connectivity index (χ1) is 11.2. The molecule has 0 aliphatic rings. The number of aryl methyl sites for hydroxylation is 1. The molecule has 3 rings (SSSR count). The fraction of sp³-hybridized carbons (Fsp3) is 0.235. The van der Waals surface area contributed by atoms with Crippen molar-refractivity contribution in [3.8, 4) is 0 Å². The third kappa shape index (κ3) is 4.14. The van der Waals surface area contributed by atoms with Crippen molar-refractivity contribution in [2.75, 3.05) is 6.61 Å². The predicted molar refractivity (Wildman–Crippen MR) is 86.6 cm³/mol. The van der Waals surface area contributed by atoms with Crippen LogP contribution in [0.5, 0.6) is 0 Å². The lowest BCUT2D eigenvalue weighted by molar-refractivity contribution is -0.126. The van der Waals surface area contributed by atoms with Crippen molar-refractivity contribution >= 4 is 16.9 Å². The van der Waals surface area contributed by atoms with E-state index >= 15 is 0 Å². The van der Waals surface area contributed by atoms with Crippen molar-refractivity contribution in [2.45, 2.75) is 20.1 Å². The van der Waals surface area contributed by atoms with Gasteiger partial charge < -0.3 is 15.0 Å². The van der Waals surface area contributed by atoms with Crippen LogP contribution in [-0.4, -0.2) is 27.5 Å². The number of nitrogens with zero attached hydrogens (tertiary/aromatic N) is 2. The van der Waals surface area contributed by atoms with Crippen LogP contribution in [0.1, 0.15) is 17.0 Å². The third-order valence-electron chi connectivity index (χ3n) is 3.37. The van der Waals surface area contributed by atoms with Crippen molar-refractivity contribution in [3.63, 3.8) is 0 Å². The Morgan fingerprint density at radius 2 is 2.26 bits per heavy atom. The average Bonchev–Trinajstić information content (AvgIpc) is 2.95. The van der Waals surface area contributed by atoms with E-state index in [1.165, 1.54) is 5.56 Å². The topological polar surface area (TPSA) is 79.9 Å². The summed E-state index contributed by atoms with van der Waals surface area (Å²) in [5.74, 6) is 0.548. The molecule has 0 atom stereocenters. The van der Waals surface area contributed by atoms with Gasteiger partial charge in [0.2, 0.25) is 5.91 Å². The van der Waals surface area contributed by atoms with Crippen LogP contribution in [0.25, 0.3) is 11.0 Å². The molecule has 2 aromatic heterocycles. The molecule has 0 unspecified atom stereocenters. The third-order valence-corrected chi connectivity index (χ3v) is 3.37. The summed E-state index contributed by atoms with van der Waals surface area (Å²) in [5, 5.41) is 2.78. The van der Waals surface area contributed by atoms with Crippen molar-refractivity contribution in [2.24, 2.45) is 0 Å². The van der Waals surface area contributed by atoms with Crippen LogP contribution in [0.15, 0.2) is 42.7 Å². The molecule has 3 aromatic rings. The molecule has 6 heteroatoms. The first-order valence-electron chi connectivity index (χ1n) is 7.39. The van der Waals surface area contributed by atoms with Crippen molar-refractivity contribution in [3.05, 3.63) is 59.7 Å². The zero-order valence-electron chi connectivity index (χ0n) is 12.9. The minimum absolute atomic E-state index is 0.00364. The molecular weight excluding hydrogens is 292 g/mol. The lowest BCUT2D eigenvalue weighted by Crippen LogP contribution is -2.27. The average molecular weight is 310 g/mol. The van der Waals surface area contributed by atoms with Gasteiger partial charge in [-0.05, 0) is 36.2 Å². The number of aromatic nitrogens is 3. The number of aromatic amines is 1. The van der Waals surface area contributed by atoms with Crippen LogP contribution in [0.4, 0.5) is 0 Å². The molecule has 1 aromatic carbocycles. The van der Waals surface area contributed by atoms with Crippen molar-refractivity contribution < 1.29 is 9.53 Å². The summed E-state index contributed by atoms with van der Waals surface area (Å²) < 4.78 is 5.41. The van der Waals surface area contributed by atoms with E-state index in [1.54, 1.807) is 12.4 Å². The number of amides is 1. The first kappa shape index (κ1) is 15.2. The number of pyridine rings is 1. The van der Waals surface area contributed by atoms with Crippen molar-refractivity contribution in [1.29, 1.82) is 0 Å². The van der Waals surface area contributed by atoms with Crippen LogP contribution in [0.2, 0.25) is 0 Å². The maximum atomic E-state index is 11.7. The molecule has 2 heterocycles. The van der Waals surface area contributed by atoms with Gasteiger partial charge in [-0.15, -0.1) is 0 Å². The number of H-pyrrole nitrogens is 1. The van der Waals surface area contributed by atoms with Crippen LogP contribution in [-0.2, 0) is 22.7 Å². The Hall–Kier alpha value is -2.73. The molecule has 118 valence electrons. The molecule has 0 spiro atoms. The highest BCUT2D eigenvalue weighted by Gasteiger charge is 2.05. The number of fused-ring (bicyclic) bond motifs is 1. The maximum Gasteiger partial charge on any atom is 0.246 e. The van der Waals surface area contributed by atoms with Crippen LogP contribution < -0.4 is 5.32 Å². The summed E-state index contributed by atoms with van der Waals surface area (Å²) >= 11 is 0. The number of rotatable bonds is 6. The van der Waals surface area contributed by atoms with Crippen molar-refractivity contribution in [1.82, 2.24) is 20.3 Å². The second kappa shape index (κ2) is 7.02. The van der Waals surface area contributed by atoms with Gasteiger partial charge in [0.1, 0.15) is 19.0 Å². The Balaban J connectivity index is 1.45. The van der Waals surface area contributed by atoms with Crippen LogP contribution in [0, 0.1) is 6.92 Å². The Labute approximate surface area is 133 Å². The van der Waals surface area contributed by atoms with E-state index < -0.39 is 0 Å². The minimum atomic E-state index is -0.166. The van der Waals surface area contributed by atoms with Crippen LogP contribution >= 0.6 is 0 Å². The van der Waals surface area contributed by atoms with Gasteiger partial charge in [-0.2, -0.15) is 0 Å². The predicted octanol–water partition coefficient (Wildman–Crippen LogP) is 2.10. The lowest BCUT2D eigenvalue weighted by Gasteiger charge is -2.05. The molecule has 0 fully saturated rings. The number of nitrogens with one attached hydrogen (secondary N) is 2. The quantitative estimate of drug-likeness (QED) is 0.730. The fourth-order valence-electron chi connectivity index (χ4n) is 2.24. The minimum Gasteiger partial charge on any atom is -0.364 e. The van der Waals surface area contributed by atoms with Gasteiger partial charge in [-0.1, -0.05) is 12.1 Å². The monoisotopic (exact) mass is 310 g/mol. The number of carbonyl (C=O) groups excluding carboxylic acids is 1. The highest BCUT2D eigenvalue weighted by molar-refractivity contribution is 5.77. The number of imidazole rings is 1. The Morgan fingerprint density at radius 3 is 3.09 bits per heavy atom. The van der Waals surface area contributed by atoms with E-state index in [-0.39, 0.29) is 19.1 Å². The molecule has 0 aliphatic carbocycles. The van der Waals surface area contributed by atoms with E-state index in [0.29, 0.717) is 12.4 Å². The normalized spacial score (nSPS) is 10.8. The molecule has 0 aliphatic heterocycles. The zero-order valence-corrected chi connectivity index (χ0v) is 12.9. The summed E-state index contributed by atoms with van der Waals surface area (Å²) in [6.45, 7) is 2.74. The number of hydrogen-bond donors (Lipinski definition) is 2. The highest BCUT2D eigenvalue weighted by Crippen LogP contribution is 2.13. The summed E-state index contributed by atoms with van der Waals surface area (Å²) in [5.41, 5.74) is 4.00. The highest BCUT2D eigenvalue weighted by atomic mass is 16.5. The molecule has 23 heavy (non-hydrogen) atoms. The lowest BCUT2D eigenvalue weighted by atomic mass is 10.2. The van der Waals surface area contributed by atoms with Gasteiger partial charge in [0.05, 0.1) is 11.0 Å². The SMILES string of the molecule is Cc1ccc2nc(COCC(=O)NCc3cccnc3)[nH]c2c1. The molecule has 0 saturated heterocycles. The van der Waals surface area contributed by atoms with E-state index in [2.05, 4.69) is 20.3 Å². The van der Waals surface area contributed by atoms with E-state index in [4.69, 9.17) is 4.74 Å². The van der Waals surface area contributed by atoms with E-state index in [0.717, 1.165) is 16.6 Å². The maximum absolute atomic E-state index is 11.7. The van der Waals surface area contributed by atoms with Crippen LogP contribution in [0.3, 0.4) is 0 Å². The molecule has 2 N–H and O–H groups in total. The molecular formula is C17H18N4O2. The first-order valence-corrected chi connectivity index (χ1v) is 7.39. The summed E-state index contributed by atoms with van der Waals surface area (Å²) in [7, 11) is 0. The fourth-order valence-corrected chi connectivity index (χ4v) is 2.24. The van der Waals surface area contributed by atoms with E-state index in [9.17, 15) is 4.79 Å². The number of ether oxygens (including phenoxy) is 1. The molecule has 0 bridgehead atoms. The van der Waals surface area contributed by atoms with E-state index in [1.807, 2.05) is 37.3 Å². The summed E-state index contributed by atoms with van der Waals surface area (Å²) in [6.07, 6.45) is 3.42. The molecule has 0 saturated carbocycles. The second-order valence-corrected chi connectivity index (χ2v) is 5.33. The summed E-state index contributed by atoms with van der Waals surface area (Å²) in [6, 6.07) is 9.75. The number of carbonyl (C=O) groups is 1. The Kier molecular flexibility index (Phi) is 4.63. The molecule has 1 amide bonds. The van der Waals surface area contributed by atoms with Gasteiger partial charge in [-0.3, -0.25) is 9.78 Å². The summed E-state index contributed by atoms with van der Waals surface area (Å²) in [4.78, 5) is 23.3. The van der Waals surface area contributed by atoms with Gasteiger partial charge in [-0.25, -0.2) is 4.98 Å². The largest absolute Gasteiger partial charge is 0.364 e. The van der Waals surface area contributed by atoms with Gasteiger partial charge in [0.25, 0.3) is 0 Å². The number of benzene rings is 1.